The molecule has 5 atom stereocenters. The molecule has 1 aromatic carbocycles. The molecule has 2 heterocycles. The van der Waals surface area contributed by atoms with Crippen molar-refractivity contribution < 1.29 is 57.1 Å². The zero-order valence-corrected chi connectivity index (χ0v) is 24.5. The van der Waals surface area contributed by atoms with Gasteiger partial charge in [0.1, 0.15) is 18.4 Å². The summed E-state index contributed by atoms with van der Waals surface area (Å²) >= 11 is 0. The molecule has 0 radical (unpaired) electrons. The number of rotatable bonds is 13. The number of unbranched alkanes of at least 4 members (excludes halogenated alkanes) is 1. The van der Waals surface area contributed by atoms with E-state index >= 15 is 0 Å². The first-order valence-corrected chi connectivity index (χ1v) is 13.6. The highest BCUT2D eigenvalue weighted by Gasteiger charge is 2.52. The number of hydrogen-bond acceptors (Lipinski definition) is 14. The Kier molecular flexibility index (Phi) is 12.1. The van der Waals surface area contributed by atoms with Crippen molar-refractivity contribution in [1.29, 1.82) is 0 Å². The number of nitrogens with zero attached hydrogens (tertiary/aromatic N) is 3. The Labute approximate surface area is 247 Å². The van der Waals surface area contributed by atoms with Crippen LogP contribution in [0.3, 0.4) is 0 Å². The van der Waals surface area contributed by atoms with Gasteiger partial charge in [-0.1, -0.05) is 30.7 Å². The fraction of sp³-hybridized carbons (Fsp3) is 0.536. The van der Waals surface area contributed by atoms with E-state index in [0.29, 0.717) is 11.4 Å². The van der Waals surface area contributed by atoms with Crippen molar-refractivity contribution in [3.05, 3.63) is 41.7 Å². The Morgan fingerprint density at radius 3 is 2.16 bits per heavy atom. The Morgan fingerprint density at radius 1 is 0.860 bits per heavy atom. The monoisotopic (exact) mass is 605 g/mol. The summed E-state index contributed by atoms with van der Waals surface area (Å²) in [5.41, 5.74) is 1.01. The second kappa shape index (κ2) is 15.7. The summed E-state index contributed by atoms with van der Waals surface area (Å²) in [6.45, 7) is 6.20. The number of para-hydroxylation sites is 1. The Balaban J connectivity index is 1.85. The van der Waals surface area contributed by atoms with Crippen LogP contribution in [0.4, 0.5) is 0 Å². The van der Waals surface area contributed by atoms with Crippen molar-refractivity contribution in [2.24, 2.45) is 0 Å². The third kappa shape index (κ3) is 9.58. The maximum Gasteiger partial charge on any atom is 0.340 e. The highest BCUT2D eigenvalue weighted by atomic mass is 16.7. The smallest absolute Gasteiger partial charge is 0.340 e. The lowest BCUT2D eigenvalue weighted by Crippen LogP contribution is -2.62. The molecule has 1 fully saturated rings. The van der Waals surface area contributed by atoms with Gasteiger partial charge in [0.2, 0.25) is 0 Å². The second-order valence-corrected chi connectivity index (χ2v) is 9.54. The largest absolute Gasteiger partial charge is 0.463 e. The molecule has 2 aromatic rings. The average molecular weight is 606 g/mol. The first-order chi connectivity index (χ1) is 20.5. The third-order valence-corrected chi connectivity index (χ3v) is 5.99. The van der Waals surface area contributed by atoms with Crippen LogP contribution in [0.15, 0.2) is 30.5 Å². The maximum atomic E-state index is 12.6. The fourth-order valence-corrected chi connectivity index (χ4v) is 4.21. The Hall–Kier alpha value is -4.37. The minimum absolute atomic E-state index is 0.239. The number of ether oxygens (including phenoxy) is 7. The molecule has 15 nitrogen and oxygen atoms in total. The molecular formula is C28H35N3O12. The van der Waals surface area contributed by atoms with Crippen LogP contribution in [0, 0.1) is 0 Å². The van der Waals surface area contributed by atoms with Crippen LogP contribution in [0.1, 0.15) is 63.5 Å². The van der Waals surface area contributed by atoms with Gasteiger partial charge in [-0.3, -0.25) is 19.2 Å². The van der Waals surface area contributed by atoms with Gasteiger partial charge < -0.3 is 33.2 Å². The minimum atomic E-state index is -1.38. The lowest BCUT2D eigenvalue weighted by molar-refractivity contribution is -0.310. The quantitative estimate of drug-likeness (QED) is 0.183. The summed E-state index contributed by atoms with van der Waals surface area (Å²) in [5, 5.41) is 8.18. The molecule has 0 amide bonds. The van der Waals surface area contributed by atoms with Gasteiger partial charge >= 0.3 is 29.8 Å². The molecule has 3 rings (SSSR count). The minimum Gasteiger partial charge on any atom is -0.463 e. The number of aromatic nitrogens is 3. The summed E-state index contributed by atoms with van der Waals surface area (Å²) < 4.78 is 39.7. The van der Waals surface area contributed by atoms with Crippen molar-refractivity contribution in [1.82, 2.24) is 15.0 Å². The van der Waals surface area contributed by atoms with Crippen LogP contribution < -0.4 is 0 Å². The van der Waals surface area contributed by atoms with E-state index in [1.807, 2.05) is 6.92 Å². The highest BCUT2D eigenvalue weighted by molar-refractivity contribution is 5.93. The first-order valence-electron chi connectivity index (χ1n) is 13.6. The van der Waals surface area contributed by atoms with Crippen molar-refractivity contribution in [3.63, 3.8) is 0 Å². The molecule has 43 heavy (non-hydrogen) atoms. The van der Waals surface area contributed by atoms with E-state index in [9.17, 15) is 24.0 Å². The van der Waals surface area contributed by atoms with Crippen molar-refractivity contribution >= 4 is 29.8 Å². The molecule has 0 saturated carbocycles. The number of carbonyl (C=O) groups is 5. The summed E-state index contributed by atoms with van der Waals surface area (Å²) in [5.74, 6) is -3.41. The number of hydrogen-bond donors (Lipinski definition) is 0. The lowest BCUT2D eigenvalue weighted by Gasteiger charge is -2.43. The number of esters is 5. The molecule has 0 unspecified atom stereocenters. The molecule has 0 spiro atoms. The van der Waals surface area contributed by atoms with Crippen LogP contribution in [0.5, 0.6) is 0 Å². The van der Waals surface area contributed by atoms with Gasteiger partial charge in [0.15, 0.2) is 24.6 Å². The van der Waals surface area contributed by atoms with E-state index in [0.717, 1.165) is 33.6 Å². The number of benzene rings is 1. The molecule has 1 saturated heterocycles. The molecule has 15 heteroatoms. The zero-order chi connectivity index (χ0) is 31.5. The molecular weight excluding hydrogens is 570 g/mol. The van der Waals surface area contributed by atoms with Gasteiger partial charge in [-0.25, -0.2) is 9.48 Å². The fourth-order valence-electron chi connectivity index (χ4n) is 4.21. The van der Waals surface area contributed by atoms with Gasteiger partial charge in [-0.15, -0.1) is 5.10 Å². The van der Waals surface area contributed by atoms with Crippen molar-refractivity contribution in [2.75, 3.05) is 13.2 Å². The summed E-state index contributed by atoms with van der Waals surface area (Å²) in [7, 11) is 0. The van der Waals surface area contributed by atoms with Gasteiger partial charge in [-0.2, -0.15) is 0 Å². The van der Waals surface area contributed by atoms with E-state index in [1.165, 1.54) is 17.8 Å². The summed E-state index contributed by atoms with van der Waals surface area (Å²) in [4.78, 5) is 60.0. The topological polar surface area (TPSA) is 181 Å². The summed E-state index contributed by atoms with van der Waals surface area (Å²) in [6, 6.07) is 6.72. The van der Waals surface area contributed by atoms with Gasteiger partial charge in [0, 0.05) is 27.7 Å². The van der Waals surface area contributed by atoms with Crippen LogP contribution in [0.25, 0.3) is 5.69 Å². The molecule has 1 aliphatic heterocycles. The Bertz CT molecular complexity index is 1300. The molecule has 1 aliphatic rings. The first kappa shape index (κ1) is 33.1. The van der Waals surface area contributed by atoms with Crippen molar-refractivity contribution in [3.8, 4) is 5.69 Å². The van der Waals surface area contributed by atoms with E-state index < -0.39 is 60.6 Å². The maximum absolute atomic E-state index is 12.6. The van der Waals surface area contributed by atoms with E-state index in [1.54, 1.807) is 24.3 Å². The molecule has 1 aromatic heterocycles. The van der Waals surface area contributed by atoms with Crippen LogP contribution in [-0.2, 0) is 58.9 Å². The van der Waals surface area contributed by atoms with Gasteiger partial charge in [0.25, 0.3) is 0 Å². The normalized spacial score (nSPS) is 21.4. The van der Waals surface area contributed by atoms with Crippen LogP contribution >= 0.6 is 0 Å². The summed E-state index contributed by atoms with van der Waals surface area (Å²) in [6.07, 6.45) is -3.47. The zero-order valence-electron chi connectivity index (χ0n) is 24.5. The van der Waals surface area contributed by atoms with E-state index in [2.05, 4.69) is 10.3 Å². The second-order valence-electron chi connectivity index (χ2n) is 9.54. The van der Waals surface area contributed by atoms with E-state index in [4.69, 9.17) is 33.2 Å². The van der Waals surface area contributed by atoms with Gasteiger partial charge in [-0.05, 0) is 18.6 Å². The van der Waals surface area contributed by atoms with E-state index in [-0.39, 0.29) is 25.4 Å². The highest BCUT2D eigenvalue weighted by Crippen LogP contribution is 2.30. The molecule has 0 aliphatic carbocycles. The van der Waals surface area contributed by atoms with Crippen LogP contribution in [0.2, 0.25) is 0 Å². The van der Waals surface area contributed by atoms with Crippen LogP contribution in [-0.4, -0.2) is 88.8 Å². The SMILES string of the molecule is CCCCOC(=O)c1ccccc1-n1cc(CO[C@H]2O[C@H](COC(C)=O)[C@@H](OC(C)=O)[C@H](OC(C)=O)[C@@H]2OC(C)=O)nn1. The van der Waals surface area contributed by atoms with Crippen molar-refractivity contribution in [2.45, 2.75) is 84.8 Å². The molecule has 234 valence electrons. The predicted octanol–water partition coefficient (Wildman–Crippen LogP) is 1.82. The standard InChI is InChI=1S/C28H35N3O12/c1-6-7-12-37-27(36)21-10-8-9-11-22(21)31-13-20(29-30-31)14-39-28-26(42-19(5)35)25(41-18(4)34)24(40-17(3)33)23(43-28)15-38-16(2)32/h8-11,13,23-26,28H,6-7,12,14-15H2,1-5H3/t23-,24-,25+,26+,28+/m1/s1. The number of carbonyl (C=O) groups excluding carboxylic acids is 5. The lowest BCUT2D eigenvalue weighted by atomic mass is 9.98. The van der Waals surface area contributed by atoms with Gasteiger partial charge in [0.05, 0.1) is 30.7 Å². The molecule has 0 bridgehead atoms. The Morgan fingerprint density at radius 2 is 1.51 bits per heavy atom. The predicted molar refractivity (Wildman–Crippen MR) is 143 cm³/mol. The average Bonchev–Trinajstić information content (AvgIpc) is 3.42. The third-order valence-electron chi connectivity index (χ3n) is 5.99. The molecule has 0 N–H and O–H groups in total.